The van der Waals surface area contributed by atoms with Gasteiger partial charge in [-0.05, 0) is 58.3 Å². The molecule has 0 aromatic rings. The summed E-state index contributed by atoms with van der Waals surface area (Å²) in [5.41, 5.74) is -1.82. The van der Waals surface area contributed by atoms with Crippen molar-refractivity contribution in [2.45, 2.75) is 57.6 Å². The molecule has 2 aliphatic rings. The molecule has 1 saturated carbocycles. The molecule has 1 unspecified atom stereocenters. The summed E-state index contributed by atoms with van der Waals surface area (Å²) < 4.78 is 5.20. The second-order valence-electron chi connectivity index (χ2n) is 6.85. The Labute approximate surface area is 119 Å². The molecule has 2 N–H and O–H groups in total. The molecule has 5 heteroatoms. The number of carbonyl (C=O) groups is 2. The maximum Gasteiger partial charge on any atom is 0.408 e. The number of hydrogen-bond acceptors (Lipinski definition) is 3. The number of nitrogens with one attached hydrogen (secondary N) is 1. The number of allylic oxidation sites excluding steroid dienone is 2. The van der Waals surface area contributed by atoms with Crippen LogP contribution in [0, 0.1) is 11.8 Å². The summed E-state index contributed by atoms with van der Waals surface area (Å²) in [7, 11) is 0. The van der Waals surface area contributed by atoms with Crippen LogP contribution in [0.15, 0.2) is 12.2 Å². The summed E-state index contributed by atoms with van der Waals surface area (Å²) in [5.74, 6) is -0.382. The normalized spacial score (nSPS) is 32.5. The number of amides is 1. The monoisotopic (exact) mass is 281 g/mol. The van der Waals surface area contributed by atoms with Crippen molar-refractivity contribution in [1.29, 1.82) is 0 Å². The van der Waals surface area contributed by atoms with Gasteiger partial charge in [-0.3, -0.25) is 0 Å². The minimum Gasteiger partial charge on any atom is -0.480 e. The van der Waals surface area contributed by atoms with Crippen molar-refractivity contribution in [3.05, 3.63) is 12.2 Å². The number of ether oxygens (including phenoxy) is 1. The molecule has 2 aliphatic carbocycles. The average molecular weight is 281 g/mol. The summed E-state index contributed by atoms with van der Waals surface area (Å²) in [4.78, 5) is 23.6. The Morgan fingerprint density at radius 2 is 2.05 bits per heavy atom. The molecule has 1 amide bonds. The Hall–Kier alpha value is -1.52. The third-order valence-corrected chi connectivity index (χ3v) is 4.04. The van der Waals surface area contributed by atoms with E-state index in [9.17, 15) is 14.7 Å². The fourth-order valence-electron chi connectivity index (χ4n) is 3.20. The van der Waals surface area contributed by atoms with Crippen LogP contribution >= 0.6 is 0 Å². The topological polar surface area (TPSA) is 75.6 Å². The van der Waals surface area contributed by atoms with E-state index in [1.807, 2.05) is 0 Å². The van der Waals surface area contributed by atoms with Crippen LogP contribution in [0.1, 0.15) is 46.5 Å². The number of hydrogen-bond donors (Lipinski definition) is 2. The molecular formula is C15H23NO4. The second-order valence-corrected chi connectivity index (χ2v) is 6.85. The van der Waals surface area contributed by atoms with E-state index >= 15 is 0 Å². The van der Waals surface area contributed by atoms with E-state index in [4.69, 9.17) is 4.74 Å². The third-order valence-electron chi connectivity index (χ3n) is 4.04. The molecule has 0 radical (unpaired) electrons. The standard InChI is InChI=1S/C15H23NO4/c1-14(2,3)20-13(19)16-15(12(17)18)8-10-6-4-5-7-11(10)9-15/h4,6,10-11H,5,7-9H2,1-3H3,(H,16,19)(H,17,18)/t10-,11-,15?/m1/s1. The molecule has 5 nitrogen and oxygen atoms in total. The lowest BCUT2D eigenvalue weighted by molar-refractivity contribution is -0.144. The van der Waals surface area contributed by atoms with Crippen LogP contribution in [-0.2, 0) is 9.53 Å². The lowest BCUT2D eigenvalue weighted by Gasteiger charge is -2.28. The van der Waals surface area contributed by atoms with Crippen LogP contribution in [0.2, 0.25) is 0 Å². The average Bonchev–Trinajstić information content (AvgIpc) is 2.65. The molecule has 0 bridgehead atoms. The molecule has 0 aromatic carbocycles. The maximum atomic E-state index is 11.9. The van der Waals surface area contributed by atoms with Gasteiger partial charge in [-0.2, -0.15) is 0 Å². The van der Waals surface area contributed by atoms with E-state index in [1.165, 1.54) is 0 Å². The molecule has 112 valence electrons. The number of fused-ring (bicyclic) bond motifs is 1. The smallest absolute Gasteiger partial charge is 0.408 e. The fourth-order valence-corrected chi connectivity index (χ4v) is 3.20. The van der Waals surface area contributed by atoms with Gasteiger partial charge in [-0.25, -0.2) is 9.59 Å². The van der Waals surface area contributed by atoms with Crippen LogP contribution in [0.25, 0.3) is 0 Å². The zero-order chi connectivity index (χ0) is 15.0. The van der Waals surface area contributed by atoms with Crippen molar-refractivity contribution in [3.8, 4) is 0 Å². The number of carbonyl (C=O) groups excluding carboxylic acids is 1. The minimum absolute atomic E-state index is 0.245. The number of rotatable bonds is 2. The van der Waals surface area contributed by atoms with Crippen LogP contribution in [0.3, 0.4) is 0 Å². The van der Waals surface area contributed by atoms with E-state index in [2.05, 4.69) is 17.5 Å². The van der Waals surface area contributed by atoms with E-state index in [0.717, 1.165) is 12.8 Å². The van der Waals surface area contributed by atoms with Crippen molar-refractivity contribution in [1.82, 2.24) is 5.32 Å². The second kappa shape index (κ2) is 5.11. The van der Waals surface area contributed by atoms with Crippen LogP contribution < -0.4 is 5.32 Å². The lowest BCUT2D eigenvalue weighted by atomic mass is 9.87. The summed E-state index contributed by atoms with van der Waals surface area (Å²) in [5, 5.41) is 12.2. The van der Waals surface area contributed by atoms with Crippen molar-refractivity contribution >= 4 is 12.1 Å². The zero-order valence-electron chi connectivity index (χ0n) is 12.3. The summed E-state index contributed by atoms with van der Waals surface area (Å²) in [6.45, 7) is 5.28. The Morgan fingerprint density at radius 1 is 1.35 bits per heavy atom. The molecular weight excluding hydrogens is 258 g/mol. The van der Waals surface area contributed by atoms with Crippen molar-refractivity contribution in [2.75, 3.05) is 0 Å². The lowest BCUT2D eigenvalue weighted by Crippen LogP contribution is -2.54. The number of carboxylic acids is 1. The van der Waals surface area contributed by atoms with Gasteiger partial charge in [-0.1, -0.05) is 12.2 Å². The van der Waals surface area contributed by atoms with Crippen molar-refractivity contribution < 1.29 is 19.4 Å². The predicted octanol–water partition coefficient (Wildman–Crippen LogP) is 2.71. The van der Waals surface area contributed by atoms with Crippen LogP contribution in [-0.4, -0.2) is 28.3 Å². The van der Waals surface area contributed by atoms with E-state index < -0.39 is 23.2 Å². The van der Waals surface area contributed by atoms with Gasteiger partial charge in [0.05, 0.1) is 0 Å². The van der Waals surface area contributed by atoms with Gasteiger partial charge in [-0.15, -0.1) is 0 Å². The molecule has 1 fully saturated rings. The van der Waals surface area contributed by atoms with Crippen molar-refractivity contribution in [2.24, 2.45) is 11.8 Å². The summed E-state index contributed by atoms with van der Waals surface area (Å²) in [6, 6.07) is 0. The van der Waals surface area contributed by atoms with Gasteiger partial charge < -0.3 is 15.2 Å². The highest BCUT2D eigenvalue weighted by Gasteiger charge is 2.51. The van der Waals surface area contributed by atoms with E-state index in [-0.39, 0.29) is 5.92 Å². The van der Waals surface area contributed by atoms with Crippen LogP contribution in [0.4, 0.5) is 4.79 Å². The highest BCUT2D eigenvalue weighted by atomic mass is 16.6. The van der Waals surface area contributed by atoms with E-state index in [1.54, 1.807) is 20.8 Å². The fraction of sp³-hybridized carbons (Fsp3) is 0.733. The van der Waals surface area contributed by atoms with Gasteiger partial charge in [0.15, 0.2) is 0 Å². The molecule has 0 aromatic heterocycles. The maximum absolute atomic E-state index is 11.9. The van der Waals surface area contributed by atoms with Crippen LogP contribution in [0.5, 0.6) is 0 Å². The zero-order valence-corrected chi connectivity index (χ0v) is 12.3. The predicted molar refractivity (Wildman–Crippen MR) is 74.3 cm³/mol. The molecule has 0 heterocycles. The molecule has 0 spiro atoms. The summed E-state index contributed by atoms with van der Waals surface area (Å²) >= 11 is 0. The molecule has 3 atom stereocenters. The summed E-state index contributed by atoms with van der Waals surface area (Å²) in [6.07, 6.45) is 6.46. The first kappa shape index (κ1) is 14.9. The molecule has 0 saturated heterocycles. The molecule has 2 rings (SSSR count). The Kier molecular flexibility index (Phi) is 3.80. The number of alkyl carbamates (subject to hydrolysis) is 1. The first-order valence-corrected chi connectivity index (χ1v) is 7.13. The van der Waals surface area contributed by atoms with Gasteiger partial charge in [0, 0.05) is 0 Å². The minimum atomic E-state index is -1.19. The van der Waals surface area contributed by atoms with Crippen molar-refractivity contribution in [3.63, 3.8) is 0 Å². The largest absolute Gasteiger partial charge is 0.480 e. The third kappa shape index (κ3) is 3.14. The highest BCUT2D eigenvalue weighted by Crippen LogP contribution is 2.44. The number of aliphatic carboxylic acids is 1. The van der Waals surface area contributed by atoms with Gasteiger partial charge in [0.25, 0.3) is 0 Å². The van der Waals surface area contributed by atoms with Gasteiger partial charge >= 0.3 is 12.1 Å². The van der Waals surface area contributed by atoms with Gasteiger partial charge in [0.2, 0.25) is 0 Å². The first-order chi connectivity index (χ1) is 9.22. The number of carboxylic acid groups (broad SMARTS) is 1. The Morgan fingerprint density at radius 3 is 2.60 bits per heavy atom. The SMILES string of the molecule is CC(C)(C)OC(=O)NC1(C(=O)O)C[C@H]2CCC=C[C@@H]2C1. The molecule has 0 aliphatic heterocycles. The first-order valence-electron chi connectivity index (χ1n) is 7.13. The quantitative estimate of drug-likeness (QED) is 0.763. The Balaban J connectivity index is 2.10. The van der Waals surface area contributed by atoms with Gasteiger partial charge in [0.1, 0.15) is 11.1 Å². The Bertz CT molecular complexity index is 438. The molecule has 20 heavy (non-hydrogen) atoms. The van der Waals surface area contributed by atoms with E-state index in [0.29, 0.717) is 18.8 Å². The highest BCUT2D eigenvalue weighted by molar-refractivity contribution is 5.85.